The van der Waals surface area contributed by atoms with Gasteiger partial charge in [-0.3, -0.25) is 4.90 Å². The van der Waals surface area contributed by atoms with Crippen molar-refractivity contribution < 1.29 is 0 Å². The van der Waals surface area contributed by atoms with E-state index >= 15 is 0 Å². The third-order valence-electron chi connectivity index (χ3n) is 4.97. The number of rotatable bonds is 4. The van der Waals surface area contributed by atoms with E-state index in [1.54, 1.807) is 11.3 Å². The summed E-state index contributed by atoms with van der Waals surface area (Å²) in [6.07, 6.45) is 1.88. The van der Waals surface area contributed by atoms with Gasteiger partial charge in [-0.25, -0.2) is 15.0 Å². The van der Waals surface area contributed by atoms with E-state index in [9.17, 15) is 0 Å². The number of anilines is 1. The SMILES string of the molecule is CC(C)(C)c1nccc(N2CCN(Cc3csc(-c4ccccc4)n3)CC2)n1. The normalized spacial score (nSPS) is 15.8. The summed E-state index contributed by atoms with van der Waals surface area (Å²) in [6.45, 7) is 11.4. The van der Waals surface area contributed by atoms with Crippen molar-refractivity contribution >= 4 is 17.2 Å². The van der Waals surface area contributed by atoms with E-state index in [-0.39, 0.29) is 5.41 Å². The Bertz CT molecular complexity index is 908. The van der Waals surface area contributed by atoms with E-state index in [0.717, 1.165) is 55.1 Å². The highest BCUT2D eigenvalue weighted by molar-refractivity contribution is 7.13. The van der Waals surface area contributed by atoms with E-state index in [4.69, 9.17) is 9.97 Å². The van der Waals surface area contributed by atoms with Crippen molar-refractivity contribution in [3.63, 3.8) is 0 Å². The third kappa shape index (κ3) is 4.39. The van der Waals surface area contributed by atoms with Crippen LogP contribution in [-0.4, -0.2) is 46.0 Å². The molecule has 0 bridgehead atoms. The number of hydrogen-bond donors (Lipinski definition) is 0. The molecule has 3 aromatic rings. The van der Waals surface area contributed by atoms with E-state index in [0.29, 0.717) is 0 Å². The van der Waals surface area contributed by atoms with Crippen LogP contribution >= 0.6 is 11.3 Å². The highest BCUT2D eigenvalue weighted by Crippen LogP contribution is 2.25. The lowest BCUT2D eigenvalue weighted by Crippen LogP contribution is -2.46. The van der Waals surface area contributed by atoms with Gasteiger partial charge in [-0.05, 0) is 6.07 Å². The summed E-state index contributed by atoms with van der Waals surface area (Å²) in [5.41, 5.74) is 2.33. The molecule has 1 fully saturated rings. The fraction of sp³-hybridized carbons (Fsp3) is 0.409. The molecule has 28 heavy (non-hydrogen) atoms. The highest BCUT2D eigenvalue weighted by atomic mass is 32.1. The van der Waals surface area contributed by atoms with Gasteiger partial charge in [-0.15, -0.1) is 11.3 Å². The molecule has 2 aromatic heterocycles. The zero-order valence-electron chi connectivity index (χ0n) is 16.8. The number of benzene rings is 1. The van der Waals surface area contributed by atoms with Crippen LogP contribution in [0.2, 0.25) is 0 Å². The van der Waals surface area contributed by atoms with Crippen LogP contribution in [0.3, 0.4) is 0 Å². The number of nitrogens with zero attached hydrogens (tertiary/aromatic N) is 5. The number of hydrogen-bond acceptors (Lipinski definition) is 6. The summed E-state index contributed by atoms with van der Waals surface area (Å²) in [7, 11) is 0. The molecule has 0 radical (unpaired) electrons. The fourth-order valence-electron chi connectivity index (χ4n) is 3.34. The lowest BCUT2D eigenvalue weighted by atomic mass is 9.96. The second-order valence-corrected chi connectivity index (χ2v) is 9.12. The van der Waals surface area contributed by atoms with Gasteiger partial charge in [0.05, 0.1) is 5.69 Å². The van der Waals surface area contributed by atoms with E-state index in [2.05, 4.69) is 65.2 Å². The molecule has 0 atom stereocenters. The molecule has 0 spiro atoms. The van der Waals surface area contributed by atoms with Gasteiger partial charge in [-0.2, -0.15) is 0 Å². The first-order valence-corrected chi connectivity index (χ1v) is 10.7. The molecule has 0 saturated carbocycles. The quantitative estimate of drug-likeness (QED) is 0.664. The zero-order valence-corrected chi connectivity index (χ0v) is 17.6. The Morgan fingerprint density at radius 3 is 2.43 bits per heavy atom. The van der Waals surface area contributed by atoms with Crippen LogP contribution in [0.1, 0.15) is 32.3 Å². The Morgan fingerprint density at radius 2 is 1.71 bits per heavy atom. The lowest BCUT2D eigenvalue weighted by molar-refractivity contribution is 0.247. The van der Waals surface area contributed by atoms with Gasteiger partial charge >= 0.3 is 0 Å². The molecule has 1 saturated heterocycles. The van der Waals surface area contributed by atoms with Gasteiger partial charge in [-0.1, -0.05) is 51.1 Å². The first kappa shape index (κ1) is 19.0. The van der Waals surface area contributed by atoms with Crippen LogP contribution in [0.5, 0.6) is 0 Å². The van der Waals surface area contributed by atoms with Crippen LogP contribution in [-0.2, 0) is 12.0 Å². The number of piperazine rings is 1. The minimum absolute atomic E-state index is 0.0289. The molecular weight excluding hydrogens is 366 g/mol. The van der Waals surface area contributed by atoms with Crippen molar-refractivity contribution in [1.29, 1.82) is 0 Å². The molecule has 1 aliphatic rings. The summed E-state index contributed by atoms with van der Waals surface area (Å²) < 4.78 is 0. The summed E-state index contributed by atoms with van der Waals surface area (Å²) >= 11 is 1.73. The van der Waals surface area contributed by atoms with Crippen molar-refractivity contribution in [2.45, 2.75) is 32.7 Å². The predicted molar refractivity (Wildman–Crippen MR) is 116 cm³/mol. The molecule has 0 N–H and O–H groups in total. The maximum absolute atomic E-state index is 4.83. The Labute approximate surface area is 171 Å². The second-order valence-electron chi connectivity index (χ2n) is 8.26. The topological polar surface area (TPSA) is 45.2 Å². The van der Waals surface area contributed by atoms with Crippen molar-refractivity contribution in [2.75, 3.05) is 31.1 Å². The Hall–Kier alpha value is -2.31. The van der Waals surface area contributed by atoms with Gasteiger partial charge in [0.1, 0.15) is 16.6 Å². The molecule has 3 heterocycles. The van der Waals surface area contributed by atoms with Crippen molar-refractivity contribution in [3.05, 3.63) is 59.5 Å². The summed E-state index contributed by atoms with van der Waals surface area (Å²) in [4.78, 5) is 18.9. The fourth-order valence-corrected chi connectivity index (χ4v) is 4.16. The Morgan fingerprint density at radius 1 is 0.964 bits per heavy atom. The second kappa shape index (κ2) is 7.97. The molecule has 0 amide bonds. The Kier molecular flexibility index (Phi) is 5.42. The van der Waals surface area contributed by atoms with Crippen LogP contribution < -0.4 is 4.90 Å². The summed E-state index contributed by atoms with van der Waals surface area (Å²) in [5.74, 6) is 1.95. The maximum Gasteiger partial charge on any atom is 0.135 e. The Balaban J connectivity index is 1.36. The minimum Gasteiger partial charge on any atom is -0.354 e. The average molecular weight is 394 g/mol. The van der Waals surface area contributed by atoms with Gasteiger partial charge in [0.2, 0.25) is 0 Å². The molecule has 146 valence electrons. The number of aromatic nitrogens is 3. The first-order valence-electron chi connectivity index (χ1n) is 9.80. The average Bonchev–Trinajstić information content (AvgIpc) is 3.17. The maximum atomic E-state index is 4.83. The standard InChI is InChI=1S/C22H27N5S/c1-22(2,3)21-23-10-9-19(25-21)27-13-11-26(12-14-27)15-18-16-28-20(24-18)17-7-5-4-6-8-17/h4-10,16H,11-15H2,1-3H3. The van der Waals surface area contributed by atoms with E-state index < -0.39 is 0 Å². The molecule has 1 aliphatic heterocycles. The van der Waals surface area contributed by atoms with Crippen LogP contribution in [0.4, 0.5) is 5.82 Å². The van der Waals surface area contributed by atoms with Crippen LogP contribution in [0.15, 0.2) is 48.0 Å². The molecule has 0 unspecified atom stereocenters. The van der Waals surface area contributed by atoms with Crippen molar-refractivity contribution in [3.8, 4) is 10.6 Å². The van der Waals surface area contributed by atoms with Crippen molar-refractivity contribution in [1.82, 2.24) is 19.9 Å². The molecule has 0 aliphatic carbocycles. The monoisotopic (exact) mass is 393 g/mol. The van der Waals surface area contributed by atoms with Gasteiger partial charge in [0, 0.05) is 55.3 Å². The summed E-state index contributed by atoms with van der Waals surface area (Å²) in [5, 5.41) is 3.29. The van der Waals surface area contributed by atoms with Gasteiger partial charge < -0.3 is 4.90 Å². The lowest BCUT2D eigenvalue weighted by Gasteiger charge is -2.35. The highest BCUT2D eigenvalue weighted by Gasteiger charge is 2.22. The van der Waals surface area contributed by atoms with Crippen LogP contribution in [0, 0.1) is 0 Å². The summed E-state index contributed by atoms with van der Waals surface area (Å²) in [6, 6.07) is 12.4. The van der Waals surface area contributed by atoms with E-state index in [1.807, 2.05) is 18.3 Å². The molecular formula is C22H27N5S. The van der Waals surface area contributed by atoms with Gasteiger partial charge in [0.15, 0.2) is 0 Å². The first-order chi connectivity index (χ1) is 13.5. The molecule has 1 aromatic carbocycles. The van der Waals surface area contributed by atoms with E-state index in [1.165, 1.54) is 5.56 Å². The van der Waals surface area contributed by atoms with Crippen LogP contribution in [0.25, 0.3) is 10.6 Å². The molecule has 5 nitrogen and oxygen atoms in total. The van der Waals surface area contributed by atoms with Crippen molar-refractivity contribution in [2.24, 2.45) is 0 Å². The largest absolute Gasteiger partial charge is 0.354 e. The molecule has 4 rings (SSSR count). The van der Waals surface area contributed by atoms with Gasteiger partial charge in [0.25, 0.3) is 0 Å². The zero-order chi connectivity index (χ0) is 19.6. The third-order valence-corrected chi connectivity index (χ3v) is 5.91. The number of thiazole rings is 1. The molecule has 6 heteroatoms. The minimum atomic E-state index is -0.0289. The smallest absolute Gasteiger partial charge is 0.135 e. The predicted octanol–water partition coefficient (Wildman–Crippen LogP) is 4.22.